The highest BCUT2D eigenvalue weighted by Crippen LogP contribution is 2.35. The van der Waals surface area contributed by atoms with Crippen molar-refractivity contribution in [3.8, 4) is 0 Å². The van der Waals surface area contributed by atoms with E-state index in [4.69, 9.17) is 4.74 Å². The SMILES string of the molecule is CC1CN(Cc2ccccc2)c2ccccc2N(C(=O)c2cc(=O)[nH]c(C3CCOCC3)n2)C1. The zero-order valence-corrected chi connectivity index (χ0v) is 19.4. The number of para-hydroxylation sites is 2. The van der Waals surface area contributed by atoms with Gasteiger partial charge in [-0.25, -0.2) is 4.98 Å². The van der Waals surface area contributed by atoms with E-state index in [2.05, 4.69) is 40.0 Å². The van der Waals surface area contributed by atoms with Crippen LogP contribution in [0, 0.1) is 5.92 Å². The summed E-state index contributed by atoms with van der Waals surface area (Å²) >= 11 is 0. The third-order valence-electron chi connectivity index (χ3n) is 6.59. The van der Waals surface area contributed by atoms with Crippen LogP contribution >= 0.6 is 0 Å². The van der Waals surface area contributed by atoms with Gasteiger partial charge >= 0.3 is 0 Å². The van der Waals surface area contributed by atoms with Crippen LogP contribution in [0.25, 0.3) is 0 Å². The predicted molar refractivity (Wildman–Crippen MR) is 132 cm³/mol. The van der Waals surface area contributed by atoms with Crippen molar-refractivity contribution in [2.75, 3.05) is 36.1 Å². The van der Waals surface area contributed by atoms with Crippen LogP contribution in [0.15, 0.2) is 65.5 Å². The molecule has 1 aromatic heterocycles. The van der Waals surface area contributed by atoms with E-state index >= 15 is 0 Å². The Balaban J connectivity index is 1.49. The Morgan fingerprint density at radius 1 is 1.03 bits per heavy atom. The van der Waals surface area contributed by atoms with Gasteiger partial charge in [-0.3, -0.25) is 9.59 Å². The molecule has 1 fully saturated rings. The highest BCUT2D eigenvalue weighted by molar-refractivity contribution is 6.06. The lowest BCUT2D eigenvalue weighted by Crippen LogP contribution is -2.36. The molecule has 2 aromatic carbocycles. The average molecular weight is 459 g/mol. The Hall–Kier alpha value is -3.45. The molecular weight excluding hydrogens is 428 g/mol. The molecule has 0 bridgehead atoms. The Kier molecular flexibility index (Phi) is 6.45. The fourth-order valence-electron chi connectivity index (χ4n) is 4.94. The number of nitrogens with zero attached hydrogens (tertiary/aromatic N) is 3. The molecule has 0 radical (unpaired) electrons. The third-order valence-corrected chi connectivity index (χ3v) is 6.59. The van der Waals surface area contributed by atoms with Gasteiger partial charge in [-0.05, 0) is 36.5 Å². The summed E-state index contributed by atoms with van der Waals surface area (Å²) in [5, 5.41) is 0. The minimum atomic E-state index is -0.290. The smallest absolute Gasteiger partial charge is 0.277 e. The summed E-state index contributed by atoms with van der Waals surface area (Å²) in [4.78, 5) is 37.9. The van der Waals surface area contributed by atoms with Gasteiger partial charge in [-0.15, -0.1) is 0 Å². The van der Waals surface area contributed by atoms with E-state index in [1.165, 1.54) is 11.6 Å². The van der Waals surface area contributed by atoms with Crippen LogP contribution in [0.2, 0.25) is 0 Å². The highest BCUT2D eigenvalue weighted by Gasteiger charge is 2.30. The number of nitrogens with one attached hydrogen (secondary N) is 1. The lowest BCUT2D eigenvalue weighted by molar-refractivity contribution is 0.0833. The first kappa shape index (κ1) is 22.3. The van der Waals surface area contributed by atoms with Gasteiger partial charge in [-0.1, -0.05) is 49.4 Å². The number of rotatable bonds is 4. The van der Waals surface area contributed by atoms with E-state index in [9.17, 15) is 9.59 Å². The number of anilines is 2. The first-order valence-corrected chi connectivity index (χ1v) is 12.0. The van der Waals surface area contributed by atoms with E-state index in [0.717, 1.165) is 37.3 Å². The first-order chi connectivity index (χ1) is 16.6. The van der Waals surface area contributed by atoms with Crippen LogP contribution in [-0.4, -0.2) is 42.2 Å². The standard InChI is InChI=1S/C27H30N4O3/c1-19-16-30(18-20-7-3-2-4-8-20)23-9-5-6-10-24(23)31(17-19)27(33)22-15-25(32)29-26(28-22)21-11-13-34-14-12-21/h2-10,15,19,21H,11-14,16-18H2,1H3,(H,28,29,32). The normalized spacial score (nSPS) is 18.9. The second kappa shape index (κ2) is 9.81. The second-order valence-corrected chi connectivity index (χ2v) is 9.28. The van der Waals surface area contributed by atoms with Crippen LogP contribution in [0.3, 0.4) is 0 Å². The molecule has 5 rings (SSSR count). The largest absolute Gasteiger partial charge is 0.381 e. The van der Waals surface area contributed by atoms with Gasteiger partial charge in [0, 0.05) is 44.8 Å². The number of carbonyl (C=O) groups excluding carboxylic acids is 1. The molecule has 1 amide bonds. The Morgan fingerprint density at radius 3 is 2.50 bits per heavy atom. The molecule has 34 heavy (non-hydrogen) atoms. The van der Waals surface area contributed by atoms with Crippen molar-refractivity contribution >= 4 is 17.3 Å². The molecule has 7 nitrogen and oxygen atoms in total. The Labute approximate surface area is 199 Å². The van der Waals surface area contributed by atoms with E-state index in [1.54, 1.807) is 4.90 Å². The average Bonchev–Trinajstić information content (AvgIpc) is 3.00. The zero-order valence-electron chi connectivity index (χ0n) is 19.4. The quantitative estimate of drug-likeness (QED) is 0.640. The van der Waals surface area contributed by atoms with Crippen LogP contribution in [0.1, 0.15) is 47.6 Å². The van der Waals surface area contributed by atoms with E-state index in [0.29, 0.717) is 25.6 Å². The van der Waals surface area contributed by atoms with Gasteiger partial charge < -0.3 is 19.5 Å². The van der Waals surface area contributed by atoms with Crippen molar-refractivity contribution in [1.82, 2.24) is 9.97 Å². The number of carbonyl (C=O) groups is 1. The van der Waals surface area contributed by atoms with Gasteiger partial charge in [-0.2, -0.15) is 0 Å². The van der Waals surface area contributed by atoms with E-state index < -0.39 is 0 Å². The van der Waals surface area contributed by atoms with Gasteiger partial charge in [0.25, 0.3) is 11.5 Å². The number of hydrogen-bond donors (Lipinski definition) is 1. The fraction of sp³-hybridized carbons (Fsp3) is 0.370. The van der Waals surface area contributed by atoms with Gasteiger partial charge in [0.2, 0.25) is 0 Å². The van der Waals surface area contributed by atoms with Crippen LogP contribution in [0.5, 0.6) is 0 Å². The van der Waals surface area contributed by atoms with Crippen molar-refractivity contribution in [2.24, 2.45) is 5.92 Å². The molecule has 176 valence electrons. The number of benzene rings is 2. The molecule has 2 aliphatic rings. The molecule has 3 aromatic rings. The van der Waals surface area contributed by atoms with Crippen LogP contribution in [0.4, 0.5) is 11.4 Å². The molecule has 2 aliphatic heterocycles. The molecule has 1 N–H and O–H groups in total. The first-order valence-electron chi connectivity index (χ1n) is 12.0. The number of aromatic nitrogens is 2. The summed E-state index contributed by atoms with van der Waals surface area (Å²) in [6.45, 7) is 5.58. The molecule has 1 unspecified atom stereocenters. The number of amides is 1. The summed E-state index contributed by atoms with van der Waals surface area (Å²) in [5.41, 5.74) is 2.99. The summed E-state index contributed by atoms with van der Waals surface area (Å²) in [7, 11) is 0. The van der Waals surface area contributed by atoms with Gasteiger partial charge in [0.05, 0.1) is 11.4 Å². The van der Waals surface area contributed by atoms with Crippen molar-refractivity contribution in [3.63, 3.8) is 0 Å². The maximum absolute atomic E-state index is 13.8. The highest BCUT2D eigenvalue weighted by atomic mass is 16.5. The summed E-state index contributed by atoms with van der Waals surface area (Å²) in [6, 6.07) is 19.7. The molecule has 7 heteroatoms. The molecule has 0 aliphatic carbocycles. The second-order valence-electron chi connectivity index (χ2n) is 9.28. The maximum atomic E-state index is 13.8. The van der Waals surface area contributed by atoms with Crippen LogP contribution < -0.4 is 15.4 Å². The van der Waals surface area contributed by atoms with Crippen molar-refractivity contribution < 1.29 is 9.53 Å². The molecule has 0 spiro atoms. The Bertz CT molecular complexity index is 1200. The lowest BCUT2D eigenvalue weighted by atomic mass is 9.99. The predicted octanol–water partition coefficient (Wildman–Crippen LogP) is 3.97. The summed E-state index contributed by atoms with van der Waals surface area (Å²) in [5.74, 6) is 0.684. The summed E-state index contributed by atoms with van der Waals surface area (Å²) in [6.07, 6.45) is 1.58. The number of H-pyrrole nitrogens is 1. The van der Waals surface area contributed by atoms with Crippen molar-refractivity contribution in [2.45, 2.75) is 32.2 Å². The topological polar surface area (TPSA) is 78.5 Å². The minimum absolute atomic E-state index is 0.103. The van der Waals surface area contributed by atoms with Gasteiger partial charge in [0.15, 0.2) is 0 Å². The molecule has 0 saturated carbocycles. The Morgan fingerprint density at radius 2 is 1.74 bits per heavy atom. The third kappa shape index (κ3) is 4.75. The summed E-state index contributed by atoms with van der Waals surface area (Å²) < 4.78 is 5.44. The number of fused-ring (bicyclic) bond motifs is 1. The molecule has 1 saturated heterocycles. The van der Waals surface area contributed by atoms with Crippen molar-refractivity contribution in [1.29, 1.82) is 0 Å². The van der Waals surface area contributed by atoms with Gasteiger partial charge in [0.1, 0.15) is 11.5 Å². The molecule has 1 atom stereocenters. The molecular formula is C27H30N4O3. The zero-order chi connectivity index (χ0) is 23.5. The number of ether oxygens (including phenoxy) is 1. The number of aromatic amines is 1. The fourth-order valence-corrected chi connectivity index (χ4v) is 4.94. The van der Waals surface area contributed by atoms with Crippen LogP contribution in [-0.2, 0) is 11.3 Å². The monoisotopic (exact) mass is 458 g/mol. The number of hydrogen-bond acceptors (Lipinski definition) is 5. The van der Waals surface area contributed by atoms with Crippen molar-refractivity contribution in [3.05, 3.63) is 88.1 Å². The minimum Gasteiger partial charge on any atom is -0.381 e. The van der Waals surface area contributed by atoms with E-state index in [1.807, 2.05) is 36.4 Å². The molecule has 3 heterocycles. The lowest BCUT2D eigenvalue weighted by Gasteiger charge is -2.27. The van der Waals surface area contributed by atoms with E-state index in [-0.39, 0.29) is 29.0 Å². The maximum Gasteiger partial charge on any atom is 0.277 e.